The molecule has 1 aliphatic rings. The number of fused-ring (bicyclic) bond motifs is 1. The molecule has 6 nitrogen and oxygen atoms in total. The van der Waals surface area contributed by atoms with Crippen molar-refractivity contribution in [2.24, 2.45) is 0 Å². The van der Waals surface area contributed by atoms with Gasteiger partial charge in [-0.3, -0.25) is 10.1 Å². The first-order chi connectivity index (χ1) is 10.7. The number of halogens is 1. The van der Waals surface area contributed by atoms with E-state index in [9.17, 15) is 10.1 Å². The lowest BCUT2D eigenvalue weighted by Crippen LogP contribution is -2.16. The zero-order valence-corrected chi connectivity index (χ0v) is 13.2. The summed E-state index contributed by atoms with van der Waals surface area (Å²) in [5.74, 6) is 1.57. The fourth-order valence-electron chi connectivity index (χ4n) is 2.30. The monoisotopic (exact) mass is 336 g/mol. The molecule has 2 aromatic rings. The number of ether oxygens (including phenoxy) is 2. The molecule has 0 spiro atoms. The number of hydrogen-bond donors (Lipinski definition) is 1. The molecule has 1 aliphatic heterocycles. The van der Waals surface area contributed by atoms with Crippen LogP contribution in [0.25, 0.3) is 0 Å². The van der Waals surface area contributed by atoms with E-state index in [2.05, 4.69) is 5.32 Å². The zero-order chi connectivity index (χ0) is 15.4. The van der Waals surface area contributed by atoms with Crippen molar-refractivity contribution < 1.29 is 14.4 Å². The summed E-state index contributed by atoms with van der Waals surface area (Å²) >= 11 is 0. The van der Waals surface area contributed by atoms with Crippen molar-refractivity contribution in [3.63, 3.8) is 0 Å². The Morgan fingerprint density at radius 2 is 1.74 bits per heavy atom. The maximum atomic E-state index is 10.6. The molecule has 2 aromatic carbocycles. The highest BCUT2D eigenvalue weighted by molar-refractivity contribution is 5.85. The second-order valence-electron chi connectivity index (χ2n) is 5.04. The maximum Gasteiger partial charge on any atom is 0.269 e. The molecule has 0 bridgehead atoms. The minimum absolute atomic E-state index is 0. The van der Waals surface area contributed by atoms with E-state index in [1.807, 2.05) is 18.2 Å². The number of nitro benzene ring substituents is 1. The van der Waals surface area contributed by atoms with Gasteiger partial charge in [-0.15, -0.1) is 12.4 Å². The molecular weight excluding hydrogens is 320 g/mol. The Hall–Kier alpha value is -2.31. The molecule has 0 unspecified atom stereocenters. The van der Waals surface area contributed by atoms with Crippen LogP contribution in [0.15, 0.2) is 42.5 Å². The highest BCUT2D eigenvalue weighted by atomic mass is 35.5. The van der Waals surface area contributed by atoms with Crippen molar-refractivity contribution in [1.82, 2.24) is 5.32 Å². The van der Waals surface area contributed by atoms with Gasteiger partial charge < -0.3 is 14.8 Å². The molecule has 0 amide bonds. The second kappa shape index (κ2) is 7.80. The van der Waals surface area contributed by atoms with Crippen LogP contribution in [0, 0.1) is 10.1 Å². The first-order valence-corrected chi connectivity index (χ1v) is 7.05. The third-order valence-corrected chi connectivity index (χ3v) is 3.50. The number of rotatable bonds is 6. The summed E-state index contributed by atoms with van der Waals surface area (Å²) in [6.45, 7) is 1.82. The maximum absolute atomic E-state index is 10.6. The Bertz CT molecular complexity index is 676. The zero-order valence-electron chi connectivity index (χ0n) is 12.4. The minimum atomic E-state index is -0.387. The van der Waals surface area contributed by atoms with Gasteiger partial charge in [-0.05, 0) is 36.2 Å². The van der Waals surface area contributed by atoms with Crippen LogP contribution < -0.4 is 14.8 Å². The predicted octanol–water partition coefficient (Wildman–Crippen LogP) is 3.08. The smallest absolute Gasteiger partial charge is 0.269 e. The molecule has 0 fully saturated rings. The Kier molecular flexibility index (Phi) is 5.78. The Balaban J connectivity index is 0.00000192. The molecule has 0 saturated carbocycles. The van der Waals surface area contributed by atoms with Crippen LogP contribution in [-0.2, 0) is 13.0 Å². The normalized spacial score (nSPS) is 11.8. The van der Waals surface area contributed by atoms with E-state index in [1.165, 1.54) is 12.1 Å². The number of nitrogens with zero attached hydrogens (tertiary/aromatic N) is 1. The van der Waals surface area contributed by atoms with E-state index in [0.717, 1.165) is 42.1 Å². The highest BCUT2D eigenvalue weighted by Gasteiger charge is 2.12. The van der Waals surface area contributed by atoms with Gasteiger partial charge in [0.1, 0.15) is 0 Å². The lowest BCUT2D eigenvalue weighted by molar-refractivity contribution is -0.384. The summed E-state index contributed by atoms with van der Waals surface area (Å²) in [5, 5.41) is 13.9. The third kappa shape index (κ3) is 4.34. The molecule has 23 heavy (non-hydrogen) atoms. The van der Waals surface area contributed by atoms with E-state index in [0.29, 0.717) is 0 Å². The van der Waals surface area contributed by atoms with E-state index in [-0.39, 0.29) is 29.8 Å². The Labute approximate surface area is 140 Å². The van der Waals surface area contributed by atoms with Crippen LogP contribution >= 0.6 is 12.4 Å². The standard InChI is InChI=1S/C16H16N2O4.ClH/c19-18(20)14-4-1-12(2-5-14)7-8-17-10-13-3-6-15-16(9-13)22-11-21-15;/h1-6,9,17H,7-8,10-11H2;1H. The molecular formula is C16H17ClN2O4. The number of nitrogens with one attached hydrogen (secondary N) is 1. The minimum Gasteiger partial charge on any atom is -0.454 e. The first kappa shape index (κ1) is 17.1. The van der Waals surface area contributed by atoms with E-state index in [1.54, 1.807) is 12.1 Å². The lowest BCUT2D eigenvalue weighted by atomic mass is 10.1. The van der Waals surface area contributed by atoms with Gasteiger partial charge in [0.15, 0.2) is 11.5 Å². The summed E-state index contributed by atoms with van der Waals surface area (Å²) in [6, 6.07) is 12.5. The van der Waals surface area contributed by atoms with Gasteiger partial charge in [-0.2, -0.15) is 0 Å². The second-order valence-corrected chi connectivity index (χ2v) is 5.04. The molecule has 0 atom stereocenters. The number of nitro groups is 1. The van der Waals surface area contributed by atoms with Gasteiger partial charge >= 0.3 is 0 Å². The highest BCUT2D eigenvalue weighted by Crippen LogP contribution is 2.32. The third-order valence-electron chi connectivity index (χ3n) is 3.50. The molecule has 0 saturated heterocycles. The van der Waals surface area contributed by atoms with Gasteiger partial charge in [0, 0.05) is 18.7 Å². The average molecular weight is 337 g/mol. The molecule has 1 N–H and O–H groups in total. The summed E-state index contributed by atoms with van der Waals surface area (Å²) < 4.78 is 10.6. The summed E-state index contributed by atoms with van der Waals surface area (Å²) in [4.78, 5) is 10.2. The van der Waals surface area contributed by atoms with E-state index in [4.69, 9.17) is 9.47 Å². The van der Waals surface area contributed by atoms with Crippen molar-refractivity contribution >= 4 is 18.1 Å². The van der Waals surface area contributed by atoms with Crippen LogP contribution in [0.3, 0.4) is 0 Å². The van der Waals surface area contributed by atoms with Crippen molar-refractivity contribution in [3.8, 4) is 11.5 Å². The van der Waals surface area contributed by atoms with Gasteiger partial charge in [0.25, 0.3) is 5.69 Å². The average Bonchev–Trinajstić information content (AvgIpc) is 2.99. The van der Waals surface area contributed by atoms with Gasteiger partial charge in [-0.1, -0.05) is 18.2 Å². The fourth-order valence-corrected chi connectivity index (χ4v) is 2.30. The molecule has 3 rings (SSSR count). The van der Waals surface area contributed by atoms with Crippen LogP contribution in [0.5, 0.6) is 11.5 Å². The topological polar surface area (TPSA) is 73.6 Å². The Morgan fingerprint density at radius 3 is 2.48 bits per heavy atom. The summed E-state index contributed by atoms with van der Waals surface area (Å²) in [6.07, 6.45) is 0.822. The molecule has 0 radical (unpaired) electrons. The van der Waals surface area contributed by atoms with Crippen molar-refractivity contribution in [1.29, 1.82) is 0 Å². The molecule has 122 valence electrons. The van der Waals surface area contributed by atoms with Gasteiger partial charge in [0.05, 0.1) is 4.92 Å². The lowest BCUT2D eigenvalue weighted by Gasteiger charge is -2.06. The van der Waals surface area contributed by atoms with Crippen LogP contribution in [0.4, 0.5) is 5.69 Å². The Morgan fingerprint density at radius 1 is 1.04 bits per heavy atom. The summed E-state index contributed by atoms with van der Waals surface area (Å²) in [5.41, 5.74) is 2.33. The van der Waals surface area contributed by atoms with Crippen molar-refractivity contribution in [2.45, 2.75) is 13.0 Å². The van der Waals surface area contributed by atoms with E-state index < -0.39 is 0 Å². The van der Waals surface area contributed by atoms with Crippen LogP contribution in [-0.4, -0.2) is 18.3 Å². The van der Waals surface area contributed by atoms with Crippen molar-refractivity contribution in [2.75, 3.05) is 13.3 Å². The molecule has 0 aromatic heterocycles. The number of benzene rings is 2. The van der Waals surface area contributed by atoms with Gasteiger partial charge in [0.2, 0.25) is 6.79 Å². The SMILES string of the molecule is Cl.O=[N+]([O-])c1ccc(CCNCc2ccc3c(c2)OCO3)cc1. The fraction of sp³-hybridized carbons (Fsp3) is 0.250. The van der Waals surface area contributed by atoms with Crippen molar-refractivity contribution in [3.05, 3.63) is 63.7 Å². The quantitative estimate of drug-likeness (QED) is 0.498. The van der Waals surface area contributed by atoms with Gasteiger partial charge in [-0.25, -0.2) is 0 Å². The van der Waals surface area contributed by atoms with Crippen LogP contribution in [0.1, 0.15) is 11.1 Å². The first-order valence-electron chi connectivity index (χ1n) is 7.05. The van der Waals surface area contributed by atoms with E-state index >= 15 is 0 Å². The molecule has 7 heteroatoms. The molecule has 0 aliphatic carbocycles. The predicted molar refractivity (Wildman–Crippen MR) is 88.3 cm³/mol. The summed E-state index contributed by atoms with van der Waals surface area (Å²) in [7, 11) is 0. The molecule has 1 heterocycles. The largest absolute Gasteiger partial charge is 0.454 e. The number of non-ortho nitro benzene ring substituents is 1. The van der Waals surface area contributed by atoms with Crippen LogP contribution in [0.2, 0.25) is 0 Å². The number of hydrogen-bond acceptors (Lipinski definition) is 5.